The van der Waals surface area contributed by atoms with Crippen LogP contribution in [0.15, 0.2) is 278 Å². The molecule has 11 aromatic carbocycles. The fraction of sp³-hybridized carbons (Fsp3) is 0.0290. The lowest BCUT2D eigenvalue weighted by molar-refractivity contribution is 0.767. The first-order valence-corrected chi connectivity index (χ1v) is 24.8. The second-order valence-corrected chi connectivity index (χ2v) is 18.8. The summed E-state index contributed by atoms with van der Waals surface area (Å²) in [5.41, 5.74) is 26.2. The molecule has 0 bridgehead atoms. The second-order valence-electron chi connectivity index (χ2n) is 18.8. The standard InChI is InChI=1S/C69H49N3/c70-68(50-19-5-1-6-20-50)71-65(44-34-47-33-40-59-58-29-15-17-31-63(58)69(64(59)45-47,52-21-7-2-8-22-52)53-23-9-3-10-24-53)60-43-42-55(56-27-13-14-28-57(56)60)49-37-35-48(36-38-49)51-39-41-62-61-30-16-18-32-66(61)72(67(62)46-51)54-25-11-4-12-26-54/h1-33,35-46H,34H2,(H2,70,71)/b65-44-. The number of aromatic nitrogens is 1. The first-order chi connectivity index (χ1) is 35.6. The van der Waals surface area contributed by atoms with E-state index in [1.807, 2.05) is 30.3 Å². The molecule has 12 aromatic rings. The highest BCUT2D eigenvalue weighted by atomic mass is 15.0. The summed E-state index contributed by atoms with van der Waals surface area (Å²) < 4.78 is 2.38. The van der Waals surface area contributed by atoms with Crippen LogP contribution in [0.3, 0.4) is 0 Å². The van der Waals surface area contributed by atoms with Crippen LogP contribution in [0.25, 0.3) is 77.3 Å². The Hall–Kier alpha value is -9.31. The van der Waals surface area contributed by atoms with E-state index in [-0.39, 0.29) is 0 Å². The van der Waals surface area contributed by atoms with Gasteiger partial charge in [0.15, 0.2) is 0 Å². The van der Waals surface area contributed by atoms with Gasteiger partial charge in [0, 0.05) is 27.6 Å². The number of aliphatic imine (C=N–C) groups is 1. The Morgan fingerprint density at radius 2 is 0.972 bits per heavy atom. The predicted octanol–water partition coefficient (Wildman–Crippen LogP) is 16.6. The van der Waals surface area contributed by atoms with Crippen molar-refractivity contribution >= 4 is 44.1 Å². The van der Waals surface area contributed by atoms with Crippen LogP contribution in [0.1, 0.15) is 38.9 Å². The first kappa shape index (κ1) is 42.8. The lowest BCUT2D eigenvalue weighted by Crippen LogP contribution is -2.28. The fourth-order valence-corrected chi connectivity index (χ4v) is 11.5. The van der Waals surface area contributed by atoms with Crippen LogP contribution in [-0.2, 0) is 11.8 Å². The van der Waals surface area contributed by atoms with Gasteiger partial charge in [0.2, 0.25) is 0 Å². The summed E-state index contributed by atoms with van der Waals surface area (Å²) >= 11 is 0. The van der Waals surface area contributed by atoms with Gasteiger partial charge < -0.3 is 10.3 Å². The normalized spacial score (nSPS) is 13.1. The number of fused-ring (bicyclic) bond motifs is 7. The highest BCUT2D eigenvalue weighted by molar-refractivity contribution is 6.10. The van der Waals surface area contributed by atoms with Gasteiger partial charge in [-0.15, -0.1) is 0 Å². The monoisotopic (exact) mass is 919 g/mol. The quantitative estimate of drug-likeness (QED) is 0.108. The minimum atomic E-state index is -0.478. The zero-order valence-electron chi connectivity index (χ0n) is 39.7. The molecule has 0 saturated carbocycles. The molecule has 0 aliphatic heterocycles. The van der Waals surface area contributed by atoms with Gasteiger partial charge in [-0.3, -0.25) is 0 Å². The molecule has 0 saturated heterocycles. The summed E-state index contributed by atoms with van der Waals surface area (Å²) in [5.74, 6) is 0.476. The first-order valence-electron chi connectivity index (χ1n) is 24.8. The van der Waals surface area contributed by atoms with Gasteiger partial charge in [0.1, 0.15) is 5.84 Å². The van der Waals surface area contributed by atoms with Crippen molar-refractivity contribution in [1.29, 1.82) is 0 Å². The molecule has 72 heavy (non-hydrogen) atoms. The van der Waals surface area contributed by atoms with Crippen LogP contribution in [-0.4, -0.2) is 10.4 Å². The van der Waals surface area contributed by atoms with Crippen LogP contribution in [0.2, 0.25) is 0 Å². The molecule has 1 heterocycles. The molecule has 1 aliphatic carbocycles. The minimum Gasteiger partial charge on any atom is -0.383 e. The zero-order chi connectivity index (χ0) is 48.0. The Bertz CT molecular complexity index is 4000. The molecular weight excluding hydrogens is 871 g/mol. The highest BCUT2D eigenvalue weighted by Gasteiger charge is 2.46. The average Bonchev–Trinajstić information content (AvgIpc) is 3.95. The summed E-state index contributed by atoms with van der Waals surface area (Å²) in [6.07, 6.45) is 2.91. The molecule has 0 spiro atoms. The maximum atomic E-state index is 6.91. The molecule has 3 heteroatoms. The number of nitrogens with zero attached hydrogens (tertiary/aromatic N) is 2. The van der Waals surface area contributed by atoms with Crippen molar-refractivity contribution < 1.29 is 0 Å². The van der Waals surface area contributed by atoms with Crippen molar-refractivity contribution in [2.24, 2.45) is 10.7 Å². The molecule has 0 unspecified atom stereocenters. The SMILES string of the molecule is NC(=N/C(=C\Cc1ccc2c(c1)C(c1ccccc1)(c1ccccc1)c1ccccc1-2)c1ccc(-c2ccc(-c3ccc4c5ccccc5n(-c5ccccc5)c4c3)cc2)c2ccccc12)c1ccccc1. The van der Waals surface area contributed by atoms with Crippen LogP contribution >= 0.6 is 0 Å². The van der Waals surface area contributed by atoms with Crippen LogP contribution in [0.5, 0.6) is 0 Å². The van der Waals surface area contributed by atoms with E-state index < -0.39 is 5.41 Å². The van der Waals surface area contributed by atoms with E-state index in [1.54, 1.807) is 0 Å². The number of hydrogen-bond acceptors (Lipinski definition) is 1. The van der Waals surface area contributed by atoms with E-state index >= 15 is 0 Å². The number of amidine groups is 1. The summed E-state index contributed by atoms with van der Waals surface area (Å²) in [7, 11) is 0. The number of para-hydroxylation sites is 2. The van der Waals surface area contributed by atoms with Gasteiger partial charge in [-0.2, -0.15) is 0 Å². The number of allylic oxidation sites excluding steroid dienone is 1. The number of hydrogen-bond donors (Lipinski definition) is 1. The molecule has 340 valence electrons. The second kappa shape index (κ2) is 17.9. The van der Waals surface area contributed by atoms with Gasteiger partial charge in [-0.05, 0) is 103 Å². The third-order valence-electron chi connectivity index (χ3n) is 14.8. The largest absolute Gasteiger partial charge is 0.383 e. The maximum Gasteiger partial charge on any atom is 0.131 e. The number of nitrogens with two attached hydrogens (primary N) is 1. The molecule has 1 aromatic heterocycles. The van der Waals surface area contributed by atoms with Crippen LogP contribution in [0.4, 0.5) is 0 Å². The van der Waals surface area contributed by atoms with Crippen molar-refractivity contribution in [3.8, 4) is 39.1 Å². The van der Waals surface area contributed by atoms with E-state index in [9.17, 15) is 0 Å². The molecule has 0 amide bonds. The van der Waals surface area contributed by atoms with Crippen molar-refractivity contribution in [1.82, 2.24) is 4.57 Å². The molecule has 2 N–H and O–H groups in total. The van der Waals surface area contributed by atoms with E-state index in [4.69, 9.17) is 10.7 Å². The number of benzene rings is 11. The minimum absolute atomic E-state index is 0.476. The number of rotatable bonds is 10. The average molecular weight is 920 g/mol. The lowest BCUT2D eigenvalue weighted by Gasteiger charge is -2.34. The van der Waals surface area contributed by atoms with Gasteiger partial charge in [-0.1, -0.05) is 249 Å². The van der Waals surface area contributed by atoms with E-state index in [0.717, 1.165) is 44.4 Å². The van der Waals surface area contributed by atoms with Crippen LogP contribution in [0, 0.1) is 0 Å². The van der Waals surface area contributed by atoms with Crippen molar-refractivity contribution in [3.05, 3.63) is 312 Å². The van der Waals surface area contributed by atoms with E-state index in [2.05, 4.69) is 247 Å². The third-order valence-corrected chi connectivity index (χ3v) is 14.8. The Morgan fingerprint density at radius 1 is 0.417 bits per heavy atom. The summed E-state index contributed by atoms with van der Waals surface area (Å²) in [6.45, 7) is 0. The predicted molar refractivity (Wildman–Crippen MR) is 302 cm³/mol. The Balaban J connectivity index is 0.896. The van der Waals surface area contributed by atoms with E-state index in [0.29, 0.717) is 12.3 Å². The molecule has 13 rings (SSSR count). The zero-order valence-corrected chi connectivity index (χ0v) is 39.7. The lowest BCUT2D eigenvalue weighted by atomic mass is 9.67. The van der Waals surface area contributed by atoms with E-state index in [1.165, 1.54) is 71.9 Å². The molecule has 3 nitrogen and oxygen atoms in total. The van der Waals surface area contributed by atoms with Crippen molar-refractivity contribution in [2.75, 3.05) is 0 Å². The van der Waals surface area contributed by atoms with Gasteiger partial charge in [0.25, 0.3) is 0 Å². The smallest absolute Gasteiger partial charge is 0.131 e. The molecule has 0 atom stereocenters. The topological polar surface area (TPSA) is 43.3 Å². The summed E-state index contributed by atoms with van der Waals surface area (Å²) in [5, 5.41) is 4.77. The summed E-state index contributed by atoms with van der Waals surface area (Å²) in [4.78, 5) is 5.27. The molecule has 1 aliphatic rings. The fourth-order valence-electron chi connectivity index (χ4n) is 11.5. The maximum absolute atomic E-state index is 6.91. The van der Waals surface area contributed by atoms with Crippen LogP contribution < -0.4 is 5.73 Å². The Labute approximate surface area is 420 Å². The Morgan fingerprint density at radius 3 is 1.71 bits per heavy atom. The van der Waals surface area contributed by atoms with Crippen molar-refractivity contribution in [2.45, 2.75) is 11.8 Å². The van der Waals surface area contributed by atoms with Gasteiger partial charge in [-0.25, -0.2) is 4.99 Å². The molecule has 0 radical (unpaired) electrons. The Kier molecular flexibility index (Phi) is 10.6. The van der Waals surface area contributed by atoms with Crippen molar-refractivity contribution in [3.63, 3.8) is 0 Å². The van der Waals surface area contributed by atoms with Gasteiger partial charge >= 0.3 is 0 Å². The molecular formula is C69H49N3. The highest BCUT2D eigenvalue weighted by Crippen LogP contribution is 2.56. The summed E-state index contributed by atoms with van der Waals surface area (Å²) in [6, 6.07) is 96.4. The third kappa shape index (κ3) is 7.17. The van der Waals surface area contributed by atoms with Gasteiger partial charge in [0.05, 0.1) is 22.1 Å². The molecule has 0 fully saturated rings.